The van der Waals surface area contributed by atoms with E-state index in [1.165, 1.54) is 0 Å². The molecule has 36 heavy (non-hydrogen) atoms. The van der Waals surface area contributed by atoms with Gasteiger partial charge >= 0.3 is 11.9 Å². The van der Waals surface area contributed by atoms with Crippen molar-refractivity contribution in [3.63, 3.8) is 0 Å². The largest absolute Gasteiger partial charge is 0.466 e. The summed E-state index contributed by atoms with van der Waals surface area (Å²) in [5, 5.41) is 2.93. The number of methoxy groups -OCH3 is 1. The maximum absolute atomic E-state index is 12.8. The number of aromatic nitrogens is 1. The molecular weight excluding hydrogens is 462 g/mol. The topological polar surface area (TPSA) is 110 Å². The van der Waals surface area contributed by atoms with Gasteiger partial charge in [-0.2, -0.15) is 0 Å². The van der Waals surface area contributed by atoms with Gasteiger partial charge in [-0.15, -0.1) is 0 Å². The zero-order chi connectivity index (χ0) is 27.7. The molecular formula is C27H49N3O6. The summed E-state index contributed by atoms with van der Waals surface area (Å²) in [5.74, 6) is -1.09. The Kier molecular flexibility index (Phi) is 16.8. The number of H-pyrrole nitrogens is 1. The van der Waals surface area contributed by atoms with Crippen LogP contribution in [0.25, 0.3) is 0 Å². The molecule has 1 aromatic rings. The van der Waals surface area contributed by atoms with Crippen molar-refractivity contribution in [1.82, 2.24) is 15.2 Å². The van der Waals surface area contributed by atoms with E-state index in [0.29, 0.717) is 36.4 Å². The molecule has 0 bridgehead atoms. The molecule has 0 aromatic carbocycles. The van der Waals surface area contributed by atoms with E-state index in [1.54, 1.807) is 21.0 Å². The molecule has 2 N–H and O–H groups in total. The van der Waals surface area contributed by atoms with Gasteiger partial charge in [-0.1, -0.05) is 27.7 Å². The van der Waals surface area contributed by atoms with E-state index in [4.69, 9.17) is 14.2 Å². The van der Waals surface area contributed by atoms with E-state index in [-0.39, 0.29) is 31.0 Å². The number of nitrogens with one attached hydrogen (secondary N) is 2. The quantitative estimate of drug-likeness (QED) is 0.256. The third-order valence-corrected chi connectivity index (χ3v) is 5.89. The number of likely N-dealkylation sites (N-methyl/N-ethyl adjacent to an activating group) is 1. The van der Waals surface area contributed by atoms with Gasteiger partial charge in [0.25, 0.3) is 0 Å². The van der Waals surface area contributed by atoms with Crippen molar-refractivity contribution < 1.29 is 28.6 Å². The molecule has 0 atom stereocenters. The summed E-state index contributed by atoms with van der Waals surface area (Å²) in [7, 11) is 1.68. The molecule has 0 fully saturated rings. The van der Waals surface area contributed by atoms with Gasteiger partial charge in [-0.3, -0.25) is 9.59 Å². The second kappa shape index (κ2) is 17.9. The molecule has 0 aliphatic heterocycles. The van der Waals surface area contributed by atoms with E-state index in [0.717, 1.165) is 26.1 Å². The SMILES string of the molecule is CC.CCOC(=O)Cc1c(CC(=O)NCCCN(CC)CCOC)[nH]c(C(=O)OC(C)(C)CC)c1C. The number of carbonyl (C=O) groups excluding carboxylic acids is 3. The van der Waals surface area contributed by atoms with Crippen molar-refractivity contribution in [2.24, 2.45) is 0 Å². The predicted molar refractivity (Wildman–Crippen MR) is 142 cm³/mol. The summed E-state index contributed by atoms with van der Waals surface area (Å²) in [6, 6.07) is 0. The molecule has 1 heterocycles. The summed E-state index contributed by atoms with van der Waals surface area (Å²) < 4.78 is 15.8. The number of carbonyl (C=O) groups is 3. The standard InChI is InChI=1S/C25H43N3O6.C2H6/c1-8-25(5,6)34-24(31)23-18(4)19(16-22(30)33-10-3)20(27-23)17-21(29)26-12-11-13-28(9-2)14-15-32-7;1-2/h27H,8-17H2,1-7H3,(H,26,29);1-2H3. The summed E-state index contributed by atoms with van der Waals surface area (Å²) in [5.41, 5.74) is 1.37. The number of aromatic amines is 1. The highest BCUT2D eigenvalue weighted by atomic mass is 16.6. The van der Waals surface area contributed by atoms with Gasteiger partial charge in [-0.25, -0.2) is 4.79 Å². The lowest BCUT2D eigenvalue weighted by molar-refractivity contribution is -0.142. The van der Waals surface area contributed by atoms with Gasteiger partial charge in [0.2, 0.25) is 5.91 Å². The minimum Gasteiger partial charge on any atom is -0.466 e. The van der Waals surface area contributed by atoms with Crippen molar-refractivity contribution >= 4 is 17.8 Å². The van der Waals surface area contributed by atoms with E-state index in [1.807, 2.05) is 34.6 Å². The maximum atomic E-state index is 12.8. The highest BCUT2D eigenvalue weighted by Crippen LogP contribution is 2.24. The molecule has 0 saturated carbocycles. The fourth-order valence-electron chi connectivity index (χ4n) is 3.42. The van der Waals surface area contributed by atoms with Crippen LogP contribution in [0.3, 0.4) is 0 Å². The van der Waals surface area contributed by atoms with Gasteiger partial charge in [0.05, 0.1) is 26.1 Å². The number of nitrogens with zero attached hydrogens (tertiary/aromatic N) is 1. The third kappa shape index (κ3) is 12.0. The van der Waals surface area contributed by atoms with E-state index >= 15 is 0 Å². The van der Waals surface area contributed by atoms with Gasteiger partial charge in [0.1, 0.15) is 11.3 Å². The van der Waals surface area contributed by atoms with Crippen LogP contribution in [0, 0.1) is 6.92 Å². The molecule has 0 saturated heterocycles. The number of esters is 2. The summed E-state index contributed by atoms with van der Waals surface area (Å²) in [6.45, 7) is 19.3. The van der Waals surface area contributed by atoms with Crippen LogP contribution in [0.2, 0.25) is 0 Å². The molecule has 9 nitrogen and oxygen atoms in total. The first-order valence-corrected chi connectivity index (χ1v) is 13.2. The predicted octanol–water partition coefficient (Wildman–Crippen LogP) is 3.82. The lowest BCUT2D eigenvalue weighted by Gasteiger charge is -2.23. The Morgan fingerprint density at radius 1 is 1.06 bits per heavy atom. The zero-order valence-electron chi connectivity index (χ0n) is 24.0. The normalized spacial score (nSPS) is 11.1. The van der Waals surface area contributed by atoms with E-state index < -0.39 is 17.5 Å². The Labute approximate surface area is 217 Å². The van der Waals surface area contributed by atoms with Crippen molar-refractivity contribution in [1.29, 1.82) is 0 Å². The van der Waals surface area contributed by atoms with Crippen LogP contribution in [0.5, 0.6) is 0 Å². The second-order valence-corrected chi connectivity index (χ2v) is 8.87. The summed E-state index contributed by atoms with van der Waals surface area (Å²) in [6.07, 6.45) is 1.48. The van der Waals surface area contributed by atoms with Gasteiger partial charge < -0.3 is 29.4 Å². The molecule has 0 unspecified atom stereocenters. The molecule has 1 aromatic heterocycles. The van der Waals surface area contributed by atoms with Gasteiger partial charge in [-0.05, 0) is 64.8 Å². The highest BCUT2D eigenvalue weighted by molar-refractivity contribution is 5.91. The van der Waals surface area contributed by atoms with Crippen molar-refractivity contribution in [2.75, 3.05) is 46.5 Å². The Morgan fingerprint density at radius 2 is 1.72 bits per heavy atom. The Balaban J connectivity index is 0.00000596. The fourth-order valence-corrected chi connectivity index (χ4v) is 3.42. The number of hydrogen-bond acceptors (Lipinski definition) is 7. The molecule has 0 aliphatic rings. The minimum atomic E-state index is -0.622. The Bertz CT molecular complexity index is 804. The number of amides is 1. The summed E-state index contributed by atoms with van der Waals surface area (Å²) >= 11 is 0. The van der Waals surface area contributed by atoms with Crippen LogP contribution in [-0.2, 0) is 36.6 Å². The van der Waals surface area contributed by atoms with Crippen LogP contribution in [0.15, 0.2) is 0 Å². The van der Waals surface area contributed by atoms with Crippen LogP contribution < -0.4 is 5.32 Å². The highest BCUT2D eigenvalue weighted by Gasteiger charge is 2.27. The minimum absolute atomic E-state index is 0.0196. The lowest BCUT2D eigenvalue weighted by Crippen LogP contribution is -2.32. The smallest absolute Gasteiger partial charge is 0.355 e. The fraction of sp³-hybridized carbons (Fsp3) is 0.741. The van der Waals surface area contributed by atoms with Gasteiger partial charge in [0.15, 0.2) is 0 Å². The van der Waals surface area contributed by atoms with Crippen molar-refractivity contribution in [2.45, 2.75) is 86.7 Å². The first-order chi connectivity index (χ1) is 17.1. The molecule has 208 valence electrons. The van der Waals surface area contributed by atoms with Crippen LogP contribution in [0.1, 0.15) is 88.6 Å². The summed E-state index contributed by atoms with van der Waals surface area (Å²) in [4.78, 5) is 42.9. The number of ether oxygens (including phenoxy) is 3. The van der Waals surface area contributed by atoms with E-state index in [2.05, 4.69) is 22.1 Å². The second-order valence-electron chi connectivity index (χ2n) is 8.87. The molecule has 1 rings (SSSR count). The Hall–Kier alpha value is -2.39. The monoisotopic (exact) mass is 511 g/mol. The van der Waals surface area contributed by atoms with Crippen LogP contribution in [0.4, 0.5) is 0 Å². The molecule has 1 amide bonds. The molecule has 0 aliphatic carbocycles. The van der Waals surface area contributed by atoms with Crippen LogP contribution in [-0.4, -0.2) is 79.8 Å². The molecule has 0 radical (unpaired) electrons. The molecule has 9 heteroatoms. The average Bonchev–Trinajstić information content (AvgIpc) is 3.14. The maximum Gasteiger partial charge on any atom is 0.355 e. The number of rotatable bonds is 16. The Morgan fingerprint density at radius 3 is 2.28 bits per heavy atom. The molecule has 0 spiro atoms. The van der Waals surface area contributed by atoms with Crippen molar-refractivity contribution in [3.05, 3.63) is 22.5 Å². The van der Waals surface area contributed by atoms with Crippen molar-refractivity contribution in [3.8, 4) is 0 Å². The first-order valence-electron chi connectivity index (χ1n) is 13.2. The van der Waals surface area contributed by atoms with Gasteiger partial charge in [0, 0.05) is 25.9 Å². The lowest BCUT2D eigenvalue weighted by atomic mass is 10.0. The van der Waals surface area contributed by atoms with Crippen LogP contribution >= 0.6 is 0 Å². The zero-order valence-corrected chi connectivity index (χ0v) is 24.0. The third-order valence-electron chi connectivity index (χ3n) is 5.89. The van der Waals surface area contributed by atoms with E-state index in [9.17, 15) is 14.4 Å². The average molecular weight is 512 g/mol. The number of hydrogen-bond donors (Lipinski definition) is 2. The first kappa shape index (κ1) is 33.6.